The quantitative estimate of drug-likeness (QED) is 0.293. The largest absolute Gasteiger partial charge is 0.503 e. The first kappa shape index (κ1) is 22.9. The van der Waals surface area contributed by atoms with Crippen LogP contribution in [-0.4, -0.2) is 23.9 Å². The Labute approximate surface area is 210 Å². The molecule has 0 aliphatic carbocycles. The molecule has 0 saturated carbocycles. The molecule has 0 spiro atoms. The van der Waals surface area contributed by atoms with Crippen LogP contribution in [0.2, 0.25) is 0 Å². The summed E-state index contributed by atoms with van der Waals surface area (Å²) in [4.78, 5) is 28.7. The van der Waals surface area contributed by atoms with Crippen LogP contribution in [0.15, 0.2) is 87.0 Å². The second-order valence-corrected chi connectivity index (χ2v) is 9.44. The first-order chi connectivity index (χ1) is 16.8. The highest BCUT2D eigenvalue weighted by Gasteiger charge is 2.45. The van der Waals surface area contributed by atoms with Gasteiger partial charge in [0, 0.05) is 15.5 Å². The van der Waals surface area contributed by atoms with E-state index in [9.17, 15) is 14.7 Å². The van der Waals surface area contributed by atoms with Crippen LogP contribution in [0, 0.1) is 13.8 Å². The van der Waals surface area contributed by atoms with Crippen LogP contribution in [0.5, 0.6) is 5.75 Å². The van der Waals surface area contributed by atoms with Crippen LogP contribution in [0.25, 0.3) is 11.0 Å². The number of methoxy groups -OCH3 is 1. The Kier molecular flexibility index (Phi) is 5.73. The standard InChI is InChI=1S/C28H22BrNO5/c1-15-4-5-16(2)21(12-15)30-25(17-6-9-20(34-3)10-7-17)24(27(32)28(30)33)26(31)23-14-18-13-19(29)8-11-22(18)35-23/h4-14,25,32H,1-3H3. The summed E-state index contributed by atoms with van der Waals surface area (Å²) in [5.74, 6) is -1.08. The minimum atomic E-state index is -0.846. The van der Waals surface area contributed by atoms with E-state index in [1.165, 1.54) is 4.90 Å². The van der Waals surface area contributed by atoms with Crippen LogP contribution >= 0.6 is 15.9 Å². The highest BCUT2D eigenvalue weighted by atomic mass is 79.9. The second kappa shape index (κ2) is 8.74. The summed E-state index contributed by atoms with van der Waals surface area (Å²) in [5.41, 5.74) is 3.59. The zero-order chi connectivity index (χ0) is 24.9. The Bertz CT molecular complexity index is 1520. The van der Waals surface area contributed by atoms with Crippen molar-refractivity contribution in [3.05, 3.63) is 105 Å². The number of fused-ring (bicyclic) bond motifs is 1. The molecule has 7 heteroatoms. The number of aliphatic hydroxyl groups is 1. The molecule has 1 amide bonds. The van der Waals surface area contributed by atoms with Crippen LogP contribution in [-0.2, 0) is 4.79 Å². The van der Waals surface area contributed by atoms with Gasteiger partial charge < -0.3 is 14.3 Å². The molecule has 176 valence electrons. The van der Waals surface area contributed by atoms with E-state index in [4.69, 9.17) is 9.15 Å². The topological polar surface area (TPSA) is 80.0 Å². The number of halogens is 1. The molecule has 4 aromatic rings. The van der Waals surface area contributed by atoms with Gasteiger partial charge in [-0.2, -0.15) is 0 Å². The molecule has 5 rings (SSSR count). The molecule has 1 aliphatic rings. The number of hydrogen-bond acceptors (Lipinski definition) is 5. The molecular weight excluding hydrogens is 510 g/mol. The molecule has 1 aliphatic heterocycles. The van der Waals surface area contributed by atoms with Crippen LogP contribution in [0.4, 0.5) is 5.69 Å². The summed E-state index contributed by atoms with van der Waals surface area (Å²) in [6.45, 7) is 3.82. The molecule has 2 heterocycles. The van der Waals surface area contributed by atoms with Crippen molar-refractivity contribution < 1.29 is 23.8 Å². The number of nitrogens with zero attached hydrogens (tertiary/aromatic N) is 1. The van der Waals surface area contributed by atoms with Crippen LogP contribution in [0.1, 0.15) is 33.3 Å². The monoisotopic (exact) mass is 531 g/mol. The Morgan fingerprint density at radius 3 is 2.49 bits per heavy atom. The van der Waals surface area contributed by atoms with Crippen molar-refractivity contribution >= 4 is 44.3 Å². The number of rotatable bonds is 5. The van der Waals surface area contributed by atoms with Gasteiger partial charge in [0.25, 0.3) is 5.91 Å². The van der Waals surface area contributed by atoms with Gasteiger partial charge >= 0.3 is 0 Å². The first-order valence-corrected chi connectivity index (χ1v) is 11.8. The SMILES string of the molecule is COc1ccc(C2C(C(=O)c3cc4cc(Br)ccc4o3)=C(O)C(=O)N2c2cc(C)ccc2C)cc1. The van der Waals surface area contributed by atoms with Crippen molar-refractivity contribution in [1.82, 2.24) is 0 Å². The number of ether oxygens (including phenoxy) is 1. The van der Waals surface area contributed by atoms with Gasteiger partial charge in [0.05, 0.1) is 18.7 Å². The summed E-state index contributed by atoms with van der Waals surface area (Å²) in [5, 5.41) is 11.8. The van der Waals surface area contributed by atoms with E-state index in [-0.39, 0.29) is 11.3 Å². The molecule has 0 fully saturated rings. The number of anilines is 1. The average molecular weight is 532 g/mol. The number of Topliss-reactive ketones (excluding diaryl/α,β-unsaturated/α-hetero) is 1. The summed E-state index contributed by atoms with van der Waals surface area (Å²) in [7, 11) is 1.57. The lowest BCUT2D eigenvalue weighted by molar-refractivity contribution is -0.117. The molecule has 6 nitrogen and oxygen atoms in total. The fourth-order valence-electron chi connectivity index (χ4n) is 4.43. The van der Waals surface area contributed by atoms with E-state index in [0.717, 1.165) is 21.0 Å². The molecule has 1 unspecified atom stereocenters. The van der Waals surface area contributed by atoms with Gasteiger partial charge in [-0.25, -0.2) is 0 Å². The molecule has 0 bridgehead atoms. The lowest BCUT2D eigenvalue weighted by Crippen LogP contribution is -2.31. The molecule has 0 radical (unpaired) electrons. The number of ketones is 1. The molecule has 3 aromatic carbocycles. The van der Waals surface area contributed by atoms with Gasteiger partial charge in [0.15, 0.2) is 11.5 Å². The second-order valence-electron chi connectivity index (χ2n) is 8.52. The summed E-state index contributed by atoms with van der Waals surface area (Å²) >= 11 is 3.42. The van der Waals surface area contributed by atoms with Crippen molar-refractivity contribution in [2.45, 2.75) is 19.9 Å². The lowest BCUT2D eigenvalue weighted by atomic mass is 9.94. The third kappa shape index (κ3) is 3.91. The fourth-order valence-corrected chi connectivity index (χ4v) is 4.80. The van der Waals surface area contributed by atoms with Crippen LogP contribution in [0.3, 0.4) is 0 Å². The normalized spacial score (nSPS) is 15.8. The Morgan fingerprint density at radius 1 is 1.03 bits per heavy atom. The summed E-state index contributed by atoms with van der Waals surface area (Å²) in [6, 6.07) is 19.0. The van der Waals surface area contributed by atoms with Gasteiger partial charge in [0.1, 0.15) is 11.3 Å². The van der Waals surface area contributed by atoms with E-state index in [1.807, 2.05) is 44.2 Å². The van der Waals surface area contributed by atoms with E-state index >= 15 is 0 Å². The fraction of sp³-hybridized carbons (Fsp3) is 0.143. The van der Waals surface area contributed by atoms with Gasteiger partial charge in [0.2, 0.25) is 5.78 Å². The predicted molar refractivity (Wildman–Crippen MR) is 137 cm³/mol. The maximum atomic E-state index is 13.8. The van der Waals surface area contributed by atoms with Gasteiger partial charge in [-0.3, -0.25) is 14.5 Å². The van der Waals surface area contributed by atoms with Crippen molar-refractivity contribution in [1.29, 1.82) is 0 Å². The third-order valence-corrected chi connectivity index (χ3v) is 6.70. The molecule has 0 saturated heterocycles. The number of furan rings is 1. The molecule has 1 N–H and O–H groups in total. The first-order valence-electron chi connectivity index (χ1n) is 11.0. The summed E-state index contributed by atoms with van der Waals surface area (Å²) in [6.07, 6.45) is 0. The number of carbonyl (C=O) groups is 2. The highest BCUT2D eigenvalue weighted by Crippen LogP contribution is 2.43. The number of aliphatic hydroxyl groups excluding tert-OH is 1. The lowest BCUT2D eigenvalue weighted by Gasteiger charge is -2.28. The zero-order valence-electron chi connectivity index (χ0n) is 19.3. The van der Waals surface area contributed by atoms with E-state index in [2.05, 4.69) is 15.9 Å². The minimum Gasteiger partial charge on any atom is -0.503 e. The number of benzene rings is 3. The van der Waals surface area contributed by atoms with E-state index in [0.29, 0.717) is 22.6 Å². The Hall–Kier alpha value is -3.84. The third-order valence-electron chi connectivity index (χ3n) is 6.21. The van der Waals surface area contributed by atoms with Crippen molar-refractivity contribution in [3.8, 4) is 5.75 Å². The van der Waals surface area contributed by atoms with Crippen molar-refractivity contribution in [2.75, 3.05) is 12.0 Å². The number of amides is 1. The molecule has 1 atom stereocenters. The molecule has 35 heavy (non-hydrogen) atoms. The zero-order valence-corrected chi connectivity index (χ0v) is 20.9. The number of aryl methyl sites for hydroxylation is 2. The van der Waals surface area contributed by atoms with Crippen LogP contribution < -0.4 is 9.64 Å². The van der Waals surface area contributed by atoms with Crippen molar-refractivity contribution in [3.63, 3.8) is 0 Å². The molecule has 1 aromatic heterocycles. The minimum absolute atomic E-state index is 0.0285. The Morgan fingerprint density at radius 2 is 1.77 bits per heavy atom. The van der Waals surface area contributed by atoms with E-state index in [1.54, 1.807) is 43.5 Å². The van der Waals surface area contributed by atoms with Gasteiger partial charge in [-0.15, -0.1) is 0 Å². The van der Waals surface area contributed by atoms with Gasteiger partial charge in [-0.05, 0) is 73.0 Å². The Balaban J connectivity index is 1.68. The maximum Gasteiger partial charge on any atom is 0.294 e. The van der Waals surface area contributed by atoms with Gasteiger partial charge in [-0.1, -0.05) is 40.2 Å². The summed E-state index contributed by atoms with van der Waals surface area (Å²) < 4.78 is 11.9. The number of hydrogen-bond donors (Lipinski definition) is 1. The maximum absolute atomic E-state index is 13.8. The predicted octanol–water partition coefficient (Wildman–Crippen LogP) is 6.60. The van der Waals surface area contributed by atoms with Crippen molar-refractivity contribution in [2.24, 2.45) is 0 Å². The number of carbonyl (C=O) groups excluding carboxylic acids is 2. The molecular formula is C28H22BrNO5. The average Bonchev–Trinajstić information content (AvgIpc) is 3.39. The smallest absolute Gasteiger partial charge is 0.294 e. The highest BCUT2D eigenvalue weighted by molar-refractivity contribution is 9.10. The van der Waals surface area contributed by atoms with E-state index < -0.39 is 23.5 Å².